The summed E-state index contributed by atoms with van der Waals surface area (Å²) in [5.41, 5.74) is 1.59. The highest BCUT2D eigenvalue weighted by atomic mass is 32.2. The lowest BCUT2D eigenvalue weighted by atomic mass is 9.96. The molecule has 2 aromatic rings. The van der Waals surface area contributed by atoms with Crippen molar-refractivity contribution in [2.75, 3.05) is 18.2 Å². The van der Waals surface area contributed by atoms with E-state index in [9.17, 15) is 9.59 Å². The van der Waals surface area contributed by atoms with Crippen LogP contribution in [0, 0.1) is 0 Å². The van der Waals surface area contributed by atoms with Crippen molar-refractivity contribution in [3.8, 4) is 0 Å². The SMILES string of the molecule is CCc1nnc(SCC(=O)Nc2sc3c(c2C(=O)OC)CCCCCC3)n1C. The van der Waals surface area contributed by atoms with Crippen LogP contribution in [0.4, 0.5) is 5.00 Å². The fourth-order valence-electron chi connectivity index (χ4n) is 3.40. The van der Waals surface area contributed by atoms with E-state index >= 15 is 0 Å². The third-order valence-electron chi connectivity index (χ3n) is 4.89. The zero-order valence-corrected chi connectivity index (χ0v) is 18.2. The molecule has 1 aliphatic carbocycles. The van der Waals surface area contributed by atoms with Crippen LogP contribution in [0.5, 0.6) is 0 Å². The van der Waals surface area contributed by atoms with Gasteiger partial charge in [0.05, 0.1) is 18.4 Å². The van der Waals surface area contributed by atoms with Crippen molar-refractivity contribution < 1.29 is 14.3 Å². The van der Waals surface area contributed by atoms with Gasteiger partial charge in [-0.2, -0.15) is 0 Å². The summed E-state index contributed by atoms with van der Waals surface area (Å²) in [4.78, 5) is 26.2. The second-order valence-corrected chi connectivity index (χ2v) is 8.81. The summed E-state index contributed by atoms with van der Waals surface area (Å²) in [5, 5.41) is 12.5. The van der Waals surface area contributed by atoms with E-state index in [4.69, 9.17) is 4.74 Å². The molecule has 152 valence electrons. The van der Waals surface area contributed by atoms with Gasteiger partial charge < -0.3 is 14.6 Å². The van der Waals surface area contributed by atoms with E-state index in [0.717, 1.165) is 43.5 Å². The average molecular weight is 423 g/mol. The first kappa shape index (κ1) is 20.9. The highest BCUT2D eigenvalue weighted by molar-refractivity contribution is 7.99. The van der Waals surface area contributed by atoms with E-state index in [-0.39, 0.29) is 17.6 Å². The van der Waals surface area contributed by atoms with Crippen molar-refractivity contribution in [3.63, 3.8) is 0 Å². The summed E-state index contributed by atoms with van der Waals surface area (Å²) in [6, 6.07) is 0. The van der Waals surface area contributed by atoms with Crippen LogP contribution in [0.3, 0.4) is 0 Å². The van der Waals surface area contributed by atoms with Gasteiger partial charge in [-0.05, 0) is 31.2 Å². The number of aryl methyl sites for hydroxylation is 2. The van der Waals surface area contributed by atoms with Crippen LogP contribution in [0.1, 0.15) is 59.2 Å². The predicted octanol–water partition coefficient (Wildman–Crippen LogP) is 3.62. The van der Waals surface area contributed by atoms with Crippen LogP contribution in [-0.4, -0.2) is 39.5 Å². The van der Waals surface area contributed by atoms with Crippen molar-refractivity contribution in [2.24, 2.45) is 7.05 Å². The summed E-state index contributed by atoms with van der Waals surface area (Å²) >= 11 is 2.85. The quantitative estimate of drug-likeness (QED) is 0.565. The van der Waals surface area contributed by atoms with Gasteiger partial charge in [0.2, 0.25) is 5.91 Å². The molecular formula is C19H26N4O3S2. The maximum atomic E-state index is 12.6. The first-order valence-corrected chi connectivity index (χ1v) is 11.4. The van der Waals surface area contributed by atoms with E-state index in [1.165, 1.54) is 47.9 Å². The van der Waals surface area contributed by atoms with E-state index in [1.807, 2.05) is 18.5 Å². The van der Waals surface area contributed by atoms with Gasteiger partial charge in [0.15, 0.2) is 5.16 Å². The summed E-state index contributed by atoms with van der Waals surface area (Å²) in [6.07, 6.45) is 7.16. The molecule has 0 saturated heterocycles. The van der Waals surface area contributed by atoms with Gasteiger partial charge in [0.25, 0.3) is 0 Å². The molecule has 1 aliphatic rings. The third kappa shape index (κ3) is 4.57. The summed E-state index contributed by atoms with van der Waals surface area (Å²) in [7, 11) is 3.28. The molecule has 0 saturated carbocycles. The Morgan fingerprint density at radius 2 is 1.96 bits per heavy atom. The second-order valence-electron chi connectivity index (χ2n) is 6.76. The molecule has 1 amide bonds. The number of methoxy groups -OCH3 is 1. The molecule has 0 aliphatic heterocycles. The van der Waals surface area contributed by atoms with Gasteiger partial charge in [-0.15, -0.1) is 21.5 Å². The number of thioether (sulfide) groups is 1. The van der Waals surface area contributed by atoms with Gasteiger partial charge in [0.1, 0.15) is 10.8 Å². The smallest absolute Gasteiger partial charge is 0.341 e. The van der Waals surface area contributed by atoms with Crippen molar-refractivity contribution in [3.05, 3.63) is 21.8 Å². The van der Waals surface area contributed by atoms with Crippen LogP contribution in [0.2, 0.25) is 0 Å². The van der Waals surface area contributed by atoms with Crippen molar-refractivity contribution >= 4 is 40.0 Å². The number of hydrogen-bond donors (Lipinski definition) is 1. The van der Waals surface area contributed by atoms with Crippen LogP contribution in [0.15, 0.2) is 5.16 Å². The number of carbonyl (C=O) groups is 2. The molecule has 0 unspecified atom stereocenters. The van der Waals surface area contributed by atoms with E-state index in [1.54, 1.807) is 0 Å². The van der Waals surface area contributed by atoms with Gasteiger partial charge >= 0.3 is 5.97 Å². The van der Waals surface area contributed by atoms with Crippen LogP contribution in [0.25, 0.3) is 0 Å². The minimum absolute atomic E-state index is 0.162. The Kier molecular flexibility index (Phi) is 7.12. The number of nitrogens with zero attached hydrogens (tertiary/aromatic N) is 3. The Hall–Kier alpha value is -1.87. The molecule has 28 heavy (non-hydrogen) atoms. The minimum atomic E-state index is -0.373. The highest BCUT2D eigenvalue weighted by Gasteiger charge is 2.26. The molecule has 0 atom stereocenters. The Balaban J connectivity index is 1.74. The number of esters is 1. The molecule has 2 aromatic heterocycles. The number of hydrogen-bond acceptors (Lipinski definition) is 7. The van der Waals surface area contributed by atoms with E-state index < -0.39 is 0 Å². The molecule has 1 N–H and O–H groups in total. The first-order valence-electron chi connectivity index (χ1n) is 9.58. The fraction of sp³-hybridized carbons (Fsp3) is 0.579. The lowest BCUT2D eigenvalue weighted by Crippen LogP contribution is -2.16. The zero-order valence-electron chi connectivity index (χ0n) is 16.5. The normalized spacial score (nSPS) is 14.1. The van der Waals surface area contributed by atoms with E-state index in [2.05, 4.69) is 15.5 Å². The monoisotopic (exact) mass is 422 g/mol. The standard InChI is InChI=1S/C19H26N4O3S2/c1-4-14-21-22-19(23(14)2)27-11-15(24)20-17-16(18(25)26-3)12-9-7-5-6-8-10-13(12)28-17/h4-11H2,1-3H3,(H,20,24). The molecule has 0 fully saturated rings. The molecule has 2 heterocycles. The molecule has 0 aromatic carbocycles. The maximum absolute atomic E-state index is 12.6. The van der Waals surface area contributed by atoms with E-state index in [0.29, 0.717) is 15.7 Å². The third-order valence-corrected chi connectivity index (χ3v) is 7.11. The van der Waals surface area contributed by atoms with Gasteiger partial charge in [-0.25, -0.2) is 4.79 Å². The highest BCUT2D eigenvalue weighted by Crippen LogP contribution is 2.37. The Morgan fingerprint density at radius 1 is 1.21 bits per heavy atom. The number of aromatic nitrogens is 3. The lowest BCUT2D eigenvalue weighted by molar-refractivity contribution is -0.113. The summed E-state index contributed by atoms with van der Waals surface area (Å²) < 4.78 is 6.90. The predicted molar refractivity (Wildman–Crippen MR) is 111 cm³/mol. The zero-order chi connectivity index (χ0) is 20.1. The summed E-state index contributed by atoms with van der Waals surface area (Å²) in [5.74, 6) is 0.556. The number of thiophene rings is 1. The number of rotatable bonds is 6. The second kappa shape index (κ2) is 9.56. The van der Waals surface area contributed by atoms with Crippen molar-refractivity contribution in [1.29, 1.82) is 0 Å². The van der Waals surface area contributed by atoms with Crippen LogP contribution >= 0.6 is 23.1 Å². The topological polar surface area (TPSA) is 86.1 Å². The minimum Gasteiger partial charge on any atom is -0.465 e. The molecule has 3 rings (SSSR count). The molecule has 0 radical (unpaired) electrons. The largest absolute Gasteiger partial charge is 0.465 e. The number of anilines is 1. The van der Waals surface area contributed by atoms with Crippen LogP contribution < -0.4 is 5.32 Å². The molecule has 7 nitrogen and oxygen atoms in total. The van der Waals surface area contributed by atoms with Gasteiger partial charge in [0, 0.05) is 18.3 Å². The molecule has 9 heteroatoms. The Bertz CT molecular complexity index is 860. The maximum Gasteiger partial charge on any atom is 0.341 e. The summed E-state index contributed by atoms with van der Waals surface area (Å²) in [6.45, 7) is 2.02. The van der Waals surface area contributed by atoms with Gasteiger partial charge in [-0.1, -0.05) is 31.5 Å². The fourth-order valence-corrected chi connectivity index (χ4v) is 5.42. The van der Waals surface area contributed by atoms with Crippen molar-refractivity contribution in [1.82, 2.24) is 14.8 Å². The van der Waals surface area contributed by atoms with Gasteiger partial charge in [-0.3, -0.25) is 4.79 Å². The lowest BCUT2D eigenvalue weighted by Gasteiger charge is -2.11. The number of ether oxygens (including phenoxy) is 1. The van der Waals surface area contributed by atoms with Crippen LogP contribution in [-0.2, 0) is 35.8 Å². The number of nitrogens with one attached hydrogen (secondary N) is 1. The molecular weight excluding hydrogens is 396 g/mol. The number of fused-ring (bicyclic) bond motifs is 1. The number of carbonyl (C=O) groups excluding carboxylic acids is 2. The number of amides is 1. The Labute approximate surface area is 173 Å². The average Bonchev–Trinajstić information content (AvgIpc) is 3.19. The Morgan fingerprint density at radius 3 is 2.64 bits per heavy atom. The molecule has 0 bridgehead atoms. The van der Waals surface area contributed by atoms with Crippen molar-refractivity contribution in [2.45, 2.75) is 57.0 Å². The first-order chi connectivity index (χ1) is 13.5. The molecule has 0 spiro atoms.